The minimum atomic E-state index is -0.656. The predicted molar refractivity (Wildman–Crippen MR) is 138 cm³/mol. The van der Waals surface area contributed by atoms with E-state index in [4.69, 9.17) is 9.47 Å². The molecule has 2 aromatic rings. The molecule has 11 nitrogen and oxygen atoms in total. The first-order valence-corrected chi connectivity index (χ1v) is 11.8. The molecular weight excluding hydrogens is 464 g/mol. The molecule has 194 valence electrons. The van der Waals surface area contributed by atoms with Crippen LogP contribution in [0, 0.1) is 0 Å². The highest BCUT2D eigenvalue weighted by Gasteiger charge is 2.22. The lowest BCUT2D eigenvalue weighted by molar-refractivity contribution is -0.131. The van der Waals surface area contributed by atoms with Crippen molar-refractivity contribution in [1.82, 2.24) is 15.2 Å². The molecule has 1 aliphatic rings. The van der Waals surface area contributed by atoms with Gasteiger partial charge in [0.25, 0.3) is 0 Å². The van der Waals surface area contributed by atoms with Gasteiger partial charge in [0.2, 0.25) is 5.91 Å². The van der Waals surface area contributed by atoms with Crippen LogP contribution in [0.5, 0.6) is 5.75 Å². The fourth-order valence-electron chi connectivity index (χ4n) is 3.64. The summed E-state index contributed by atoms with van der Waals surface area (Å²) in [6.07, 6.45) is 1.32. The SMILES string of the molecule is COc1ccc(NC(=O)NCCC(=O)N2CCN(c3ccccn3)CC2)cc1NC(=O)OC(C)(C)C. The number of carbonyl (C=O) groups is 3. The summed E-state index contributed by atoms with van der Waals surface area (Å²) in [5.74, 6) is 1.32. The van der Waals surface area contributed by atoms with E-state index in [1.165, 1.54) is 7.11 Å². The number of ether oxygens (including phenoxy) is 2. The van der Waals surface area contributed by atoms with Gasteiger partial charge in [-0.05, 0) is 51.1 Å². The van der Waals surface area contributed by atoms with E-state index in [0.717, 1.165) is 5.82 Å². The Bertz CT molecular complexity index is 1050. The maximum absolute atomic E-state index is 12.6. The third-order valence-electron chi connectivity index (χ3n) is 5.32. The van der Waals surface area contributed by atoms with E-state index in [1.807, 2.05) is 18.2 Å². The van der Waals surface area contributed by atoms with Crippen molar-refractivity contribution in [2.75, 3.05) is 55.4 Å². The molecule has 1 aliphatic heterocycles. The van der Waals surface area contributed by atoms with Crippen molar-refractivity contribution in [2.24, 2.45) is 0 Å². The summed E-state index contributed by atoms with van der Waals surface area (Å²) < 4.78 is 10.5. The van der Waals surface area contributed by atoms with E-state index in [2.05, 4.69) is 25.8 Å². The largest absolute Gasteiger partial charge is 0.495 e. The number of hydrogen-bond acceptors (Lipinski definition) is 7. The van der Waals surface area contributed by atoms with Gasteiger partial charge in [0.15, 0.2) is 0 Å². The van der Waals surface area contributed by atoms with Gasteiger partial charge in [-0.3, -0.25) is 10.1 Å². The second-order valence-electron chi connectivity index (χ2n) is 9.23. The lowest BCUT2D eigenvalue weighted by Gasteiger charge is -2.35. The quantitative estimate of drug-likeness (QED) is 0.535. The minimum Gasteiger partial charge on any atom is -0.495 e. The second-order valence-corrected chi connectivity index (χ2v) is 9.23. The van der Waals surface area contributed by atoms with Crippen LogP contribution < -0.4 is 25.6 Å². The molecule has 3 rings (SSSR count). The predicted octanol–water partition coefficient (Wildman–Crippen LogP) is 3.30. The fraction of sp³-hybridized carbons (Fsp3) is 0.440. The molecule has 1 aromatic carbocycles. The summed E-state index contributed by atoms with van der Waals surface area (Å²) in [7, 11) is 1.48. The van der Waals surface area contributed by atoms with E-state index in [9.17, 15) is 14.4 Å². The third kappa shape index (κ3) is 8.03. The van der Waals surface area contributed by atoms with Crippen LogP contribution in [-0.4, -0.2) is 73.4 Å². The van der Waals surface area contributed by atoms with Gasteiger partial charge in [0.1, 0.15) is 17.2 Å². The van der Waals surface area contributed by atoms with Crippen LogP contribution in [0.15, 0.2) is 42.6 Å². The van der Waals surface area contributed by atoms with Crippen LogP contribution in [-0.2, 0) is 9.53 Å². The maximum Gasteiger partial charge on any atom is 0.412 e. The van der Waals surface area contributed by atoms with Gasteiger partial charge in [0, 0.05) is 51.0 Å². The molecule has 0 bridgehead atoms. The number of nitrogens with zero attached hydrogens (tertiary/aromatic N) is 3. The Balaban J connectivity index is 1.43. The van der Waals surface area contributed by atoms with Gasteiger partial charge in [0.05, 0.1) is 12.8 Å². The zero-order chi connectivity index (χ0) is 26.1. The van der Waals surface area contributed by atoms with Gasteiger partial charge >= 0.3 is 12.1 Å². The minimum absolute atomic E-state index is 0.00994. The highest BCUT2D eigenvalue weighted by Crippen LogP contribution is 2.28. The molecule has 0 atom stereocenters. The molecule has 1 fully saturated rings. The van der Waals surface area contributed by atoms with Crippen molar-refractivity contribution < 1.29 is 23.9 Å². The number of nitrogens with one attached hydrogen (secondary N) is 3. The number of aromatic nitrogens is 1. The van der Waals surface area contributed by atoms with E-state index in [0.29, 0.717) is 43.3 Å². The zero-order valence-electron chi connectivity index (χ0n) is 21.2. The van der Waals surface area contributed by atoms with Crippen molar-refractivity contribution in [3.8, 4) is 5.75 Å². The van der Waals surface area contributed by atoms with Crippen molar-refractivity contribution in [2.45, 2.75) is 32.8 Å². The second kappa shape index (κ2) is 12.1. The number of pyridine rings is 1. The van der Waals surface area contributed by atoms with Crippen molar-refractivity contribution in [3.05, 3.63) is 42.6 Å². The maximum atomic E-state index is 12.6. The molecular formula is C25H34N6O5. The van der Waals surface area contributed by atoms with Crippen molar-refractivity contribution in [1.29, 1.82) is 0 Å². The molecule has 4 amide bonds. The molecule has 36 heavy (non-hydrogen) atoms. The summed E-state index contributed by atoms with van der Waals surface area (Å²) in [5.41, 5.74) is 0.137. The van der Waals surface area contributed by atoms with Crippen LogP contribution >= 0.6 is 0 Å². The molecule has 1 saturated heterocycles. The highest BCUT2D eigenvalue weighted by molar-refractivity contribution is 5.93. The van der Waals surface area contributed by atoms with E-state index in [-0.39, 0.29) is 18.9 Å². The molecule has 0 spiro atoms. The summed E-state index contributed by atoms with van der Waals surface area (Å²) in [5, 5.41) is 8.01. The molecule has 0 unspecified atom stereocenters. The van der Waals surface area contributed by atoms with Crippen LogP contribution in [0.2, 0.25) is 0 Å². The zero-order valence-corrected chi connectivity index (χ0v) is 21.2. The molecule has 0 radical (unpaired) electrons. The summed E-state index contributed by atoms with van der Waals surface area (Å²) >= 11 is 0. The average molecular weight is 499 g/mol. The summed E-state index contributed by atoms with van der Waals surface area (Å²) in [6, 6.07) is 10.1. The topological polar surface area (TPSA) is 125 Å². The van der Waals surface area contributed by atoms with Crippen molar-refractivity contribution >= 4 is 35.2 Å². The first kappa shape index (κ1) is 26.6. The van der Waals surface area contributed by atoms with Gasteiger partial charge in [-0.15, -0.1) is 0 Å². The normalized spacial score (nSPS) is 13.6. The number of urea groups is 1. The Hall–Kier alpha value is -4.02. The number of hydrogen-bond donors (Lipinski definition) is 3. The lowest BCUT2D eigenvalue weighted by atomic mass is 10.2. The molecule has 11 heteroatoms. The lowest BCUT2D eigenvalue weighted by Crippen LogP contribution is -2.49. The van der Waals surface area contributed by atoms with Gasteiger partial charge in [-0.1, -0.05) is 6.07 Å². The molecule has 2 heterocycles. The number of amides is 4. The Kier molecular flexibility index (Phi) is 8.93. The first-order chi connectivity index (χ1) is 17.1. The van der Waals surface area contributed by atoms with Crippen LogP contribution in [0.3, 0.4) is 0 Å². The number of carbonyl (C=O) groups excluding carboxylic acids is 3. The van der Waals surface area contributed by atoms with E-state index < -0.39 is 17.7 Å². The Labute approximate surface area is 211 Å². The van der Waals surface area contributed by atoms with Crippen LogP contribution in [0.25, 0.3) is 0 Å². The van der Waals surface area contributed by atoms with Gasteiger partial charge in [-0.25, -0.2) is 14.6 Å². The molecule has 0 saturated carbocycles. The highest BCUT2D eigenvalue weighted by atomic mass is 16.6. The Morgan fingerprint density at radius 3 is 2.42 bits per heavy atom. The first-order valence-electron chi connectivity index (χ1n) is 11.8. The number of rotatable bonds is 7. The number of anilines is 3. The average Bonchev–Trinajstić information content (AvgIpc) is 2.83. The van der Waals surface area contributed by atoms with Gasteiger partial charge in [-0.2, -0.15) is 0 Å². The summed E-state index contributed by atoms with van der Waals surface area (Å²) in [6.45, 7) is 8.14. The fourth-order valence-corrected chi connectivity index (χ4v) is 3.64. The third-order valence-corrected chi connectivity index (χ3v) is 5.32. The standard InChI is InChI=1S/C25H34N6O5/c1-25(2,3)36-24(34)29-19-17-18(8-9-20(19)35-4)28-23(33)27-12-10-22(32)31-15-13-30(14-16-31)21-7-5-6-11-26-21/h5-9,11,17H,10,12-16H2,1-4H3,(H,29,34)(H2,27,28,33). The molecule has 3 N–H and O–H groups in total. The Morgan fingerprint density at radius 1 is 1.03 bits per heavy atom. The van der Waals surface area contributed by atoms with Crippen LogP contribution in [0.1, 0.15) is 27.2 Å². The van der Waals surface area contributed by atoms with E-state index >= 15 is 0 Å². The van der Waals surface area contributed by atoms with Gasteiger partial charge < -0.3 is 29.9 Å². The Morgan fingerprint density at radius 2 is 1.78 bits per heavy atom. The number of benzene rings is 1. The smallest absolute Gasteiger partial charge is 0.412 e. The number of methoxy groups -OCH3 is 1. The van der Waals surface area contributed by atoms with E-state index in [1.54, 1.807) is 50.1 Å². The molecule has 0 aliphatic carbocycles. The van der Waals surface area contributed by atoms with Crippen LogP contribution in [0.4, 0.5) is 26.8 Å². The summed E-state index contributed by atoms with van der Waals surface area (Å²) in [4.78, 5) is 45.3. The molecule has 1 aromatic heterocycles. The number of piperazine rings is 1. The monoisotopic (exact) mass is 498 g/mol. The van der Waals surface area contributed by atoms with Crippen molar-refractivity contribution in [3.63, 3.8) is 0 Å².